The SMILES string of the molecule is CC1(C)O[C@@H]2O[C@H]([C@@H]3COC(C)(C)O3)[C@@H](O)[C@H]2O1. The van der Waals surface area contributed by atoms with Gasteiger partial charge in [0.05, 0.1) is 6.61 Å². The standard InChI is InChI=1S/C12H20O6/c1-11(2)14-5-6(16-11)8-7(13)9-10(15-8)18-12(3,4)17-9/h6-10,13H,5H2,1-4H3/t6-,7+,8+,9+,10-/m0/s1. The van der Waals surface area contributed by atoms with E-state index in [1.807, 2.05) is 13.8 Å². The van der Waals surface area contributed by atoms with Crippen LogP contribution in [-0.2, 0) is 23.7 Å². The van der Waals surface area contributed by atoms with Crippen molar-refractivity contribution in [2.45, 2.75) is 70.0 Å². The van der Waals surface area contributed by atoms with Gasteiger partial charge >= 0.3 is 0 Å². The van der Waals surface area contributed by atoms with E-state index in [0.717, 1.165) is 0 Å². The fourth-order valence-corrected chi connectivity index (χ4v) is 2.70. The summed E-state index contributed by atoms with van der Waals surface area (Å²) in [6.45, 7) is 7.68. The van der Waals surface area contributed by atoms with Crippen LogP contribution in [0, 0.1) is 0 Å². The van der Waals surface area contributed by atoms with Crippen molar-refractivity contribution in [3.8, 4) is 0 Å². The molecular weight excluding hydrogens is 240 g/mol. The maximum atomic E-state index is 10.3. The molecule has 0 amide bonds. The fourth-order valence-electron chi connectivity index (χ4n) is 2.70. The number of fused-ring (bicyclic) bond motifs is 1. The molecule has 5 atom stereocenters. The molecular formula is C12H20O6. The lowest BCUT2D eigenvalue weighted by Crippen LogP contribution is -2.42. The van der Waals surface area contributed by atoms with Gasteiger partial charge < -0.3 is 28.8 Å². The summed E-state index contributed by atoms with van der Waals surface area (Å²) < 4.78 is 28.1. The van der Waals surface area contributed by atoms with Crippen LogP contribution in [0.25, 0.3) is 0 Å². The topological polar surface area (TPSA) is 66.4 Å². The molecule has 0 spiro atoms. The molecule has 0 radical (unpaired) electrons. The molecule has 0 saturated carbocycles. The van der Waals surface area contributed by atoms with Gasteiger partial charge in [0.15, 0.2) is 17.9 Å². The summed E-state index contributed by atoms with van der Waals surface area (Å²) in [7, 11) is 0. The van der Waals surface area contributed by atoms with Crippen molar-refractivity contribution < 1.29 is 28.8 Å². The third-order valence-electron chi connectivity index (χ3n) is 3.45. The Morgan fingerprint density at radius 3 is 2.22 bits per heavy atom. The van der Waals surface area contributed by atoms with Crippen LogP contribution in [0.4, 0.5) is 0 Å². The first-order chi connectivity index (χ1) is 8.27. The summed E-state index contributed by atoms with van der Waals surface area (Å²) in [5.41, 5.74) is 0. The lowest BCUT2D eigenvalue weighted by molar-refractivity contribution is -0.232. The molecule has 6 nitrogen and oxygen atoms in total. The highest BCUT2D eigenvalue weighted by Crippen LogP contribution is 2.40. The first-order valence-electron chi connectivity index (χ1n) is 6.28. The van der Waals surface area contributed by atoms with Gasteiger partial charge in [0.1, 0.15) is 24.4 Å². The largest absolute Gasteiger partial charge is 0.387 e. The maximum Gasteiger partial charge on any atom is 0.190 e. The third kappa shape index (κ3) is 2.07. The summed E-state index contributed by atoms with van der Waals surface area (Å²) >= 11 is 0. The molecule has 3 heterocycles. The van der Waals surface area contributed by atoms with E-state index in [2.05, 4.69) is 0 Å². The highest BCUT2D eigenvalue weighted by molar-refractivity contribution is 4.97. The van der Waals surface area contributed by atoms with Gasteiger partial charge in [-0.2, -0.15) is 0 Å². The van der Waals surface area contributed by atoms with E-state index in [0.29, 0.717) is 6.61 Å². The van der Waals surface area contributed by atoms with Crippen molar-refractivity contribution in [3.05, 3.63) is 0 Å². The van der Waals surface area contributed by atoms with Gasteiger partial charge in [-0.25, -0.2) is 0 Å². The molecule has 0 aliphatic carbocycles. The molecule has 0 aromatic rings. The van der Waals surface area contributed by atoms with Crippen LogP contribution in [0.1, 0.15) is 27.7 Å². The predicted molar refractivity (Wildman–Crippen MR) is 59.6 cm³/mol. The number of ether oxygens (including phenoxy) is 5. The minimum atomic E-state index is -0.765. The second kappa shape index (κ2) is 3.88. The molecule has 3 saturated heterocycles. The predicted octanol–water partition coefficient (Wildman–Crippen LogP) is 0.375. The quantitative estimate of drug-likeness (QED) is 0.735. The van der Waals surface area contributed by atoms with Crippen molar-refractivity contribution in [1.82, 2.24) is 0 Å². The minimum absolute atomic E-state index is 0.295. The number of hydrogen-bond acceptors (Lipinski definition) is 6. The summed E-state index contributed by atoms with van der Waals surface area (Å²) in [6, 6.07) is 0. The summed E-state index contributed by atoms with van der Waals surface area (Å²) in [5.74, 6) is -1.35. The van der Waals surface area contributed by atoms with Gasteiger partial charge in [-0.1, -0.05) is 0 Å². The van der Waals surface area contributed by atoms with Crippen molar-refractivity contribution in [1.29, 1.82) is 0 Å². The Morgan fingerprint density at radius 1 is 0.944 bits per heavy atom. The van der Waals surface area contributed by atoms with Crippen molar-refractivity contribution in [2.24, 2.45) is 0 Å². The van der Waals surface area contributed by atoms with Crippen LogP contribution in [0.2, 0.25) is 0 Å². The number of rotatable bonds is 1. The van der Waals surface area contributed by atoms with E-state index in [-0.39, 0.29) is 6.10 Å². The molecule has 18 heavy (non-hydrogen) atoms. The molecule has 104 valence electrons. The van der Waals surface area contributed by atoms with Crippen LogP contribution in [-0.4, -0.2) is 54.0 Å². The van der Waals surface area contributed by atoms with Crippen molar-refractivity contribution >= 4 is 0 Å². The Kier molecular flexibility index (Phi) is 2.75. The van der Waals surface area contributed by atoms with E-state index in [1.54, 1.807) is 13.8 Å². The Labute approximate surface area is 106 Å². The highest BCUT2D eigenvalue weighted by Gasteiger charge is 2.57. The smallest absolute Gasteiger partial charge is 0.190 e. The molecule has 0 unspecified atom stereocenters. The summed E-state index contributed by atoms with van der Waals surface area (Å²) in [4.78, 5) is 0. The van der Waals surface area contributed by atoms with Gasteiger partial charge in [0.25, 0.3) is 0 Å². The van der Waals surface area contributed by atoms with E-state index >= 15 is 0 Å². The second-order valence-electron chi connectivity index (χ2n) is 5.93. The number of aliphatic hydroxyl groups excluding tert-OH is 1. The zero-order valence-electron chi connectivity index (χ0n) is 11.1. The highest BCUT2D eigenvalue weighted by atomic mass is 16.8. The monoisotopic (exact) mass is 260 g/mol. The molecule has 3 rings (SSSR count). The average molecular weight is 260 g/mol. The molecule has 3 fully saturated rings. The van der Waals surface area contributed by atoms with E-state index in [4.69, 9.17) is 23.7 Å². The van der Waals surface area contributed by atoms with Gasteiger partial charge in [0, 0.05) is 0 Å². The molecule has 0 aromatic heterocycles. The average Bonchev–Trinajstić information content (AvgIpc) is 2.81. The minimum Gasteiger partial charge on any atom is -0.387 e. The zero-order valence-corrected chi connectivity index (χ0v) is 11.1. The molecule has 3 aliphatic heterocycles. The van der Waals surface area contributed by atoms with Crippen LogP contribution < -0.4 is 0 Å². The van der Waals surface area contributed by atoms with Gasteiger partial charge in [-0.15, -0.1) is 0 Å². The molecule has 0 aromatic carbocycles. The van der Waals surface area contributed by atoms with Gasteiger partial charge in [0.2, 0.25) is 0 Å². The van der Waals surface area contributed by atoms with Crippen LogP contribution in [0.15, 0.2) is 0 Å². The Balaban J connectivity index is 1.68. The Hall–Kier alpha value is -0.240. The van der Waals surface area contributed by atoms with Crippen LogP contribution in [0.5, 0.6) is 0 Å². The third-order valence-corrected chi connectivity index (χ3v) is 3.45. The van der Waals surface area contributed by atoms with E-state index < -0.39 is 36.2 Å². The molecule has 1 N–H and O–H groups in total. The van der Waals surface area contributed by atoms with E-state index in [9.17, 15) is 5.11 Å². The van der Waals surface area contributed by atoms with Gasteiger partial charge in [-0.05, 0) is 27.7 Å². The second-order valence-corrected chi connectivity index (χ2v) is 5.93. The van der Waals surface area contributed by atoms with Crippen LogP contribution in [0.3, 0.4) is 0 Å². The lowest BCUT2D eigenvalue weighted by atomic mass is 10.1. The summed E-state index contributed by atoms with van der Waals surface area (Å²) in [6.07, 6.45) is -2.53. The fraction of sp³-hybridized carbons (Fsp3) is 1.00. The zero-order chi connectivity index (χ0) is 13.1. The molecule has 0 bridgehead atoms. The Bertz CT molecular complexity index is 341. The normalized spacial score (nSPS) is 49.5. The van der Waals surface area contributed by atoms with Crippen LogP contribution >= 0.6 is 0 Å². The number of aliphatic hydroxyl groups is 1. The van der Waals surface area contributed by atoms with E-state index in [1.165, 1.54) is 0 Å². The molecule has 6 heteroatoms. The number of hydrogen-bond donors (Lipinski definition) is 1. The lowest BCUT2D eigenvalue weighted by Gasteiger charge is -2.26. The van der Waals surface area contributed by atoms with Gasteiger partial charge in [-0.3, -0.25) is 0 Å². The maximum absolute atomic E-state index is 10.3. The first-order valence-corrected chi connectivity index (χ1v) is 6.28. The first kappa shape index (κ1) is 12.8. The van der Waals surface area contributed by atoms with Crippen molar-refractivity contribution in [3.63, 3.8) is 0 Å². The Morgan fingerprint density at radius 2 is 1.67 bits per heavy atom. The van der Waals surface area contributed by atoms with Crippen molar-refractivity contribution in [2.75, 3.05) is 6.61 Å². The molecule has 3 aliphatic rings. The summed E-state index contributed by atoms with van der Waals surface area (Å²) in [5, 5.41) is 10.3.